The highest BCUT2D eigenvalue weighted by atomic mass is 79.9. The van der Waals surface area contributed by atoms with E-state index in [1.165, 1.54) is 24.1 Å². The van der Waals surface area contributed by atoms with E-state index in [1.807, 2.05) is 6.07 Å². The predicted octanol–water partition coefficient (Wildman–Crippen LogP) is 1.97. The Morgan fingerprint density at radius 2 is 1.96 bits per heavy atom. The maximum Gasteiger partial charge on any atom is 0.289 e. The van der Waals surface area contributed by atoms with Crippen LogP contribution in [-0.4, -0.2) is 57.4 Å². The lowest BCUT2D eigenvalue weighted by molar-refractivity contribution is 0.0593. The van der Waals surface area contributed by atoms with Crippen LogP contribution < -0.4 is 4.72 Å². The van der Waals surface area contributed by atoms with Gasteiger partial charge in [0.05, 0.1) is 3.79 Å². The van der Waals surface area contributed by atoms with E-state index >= 15 is 0 Å². The van der Waals surface area contributed by atoms with Crippen LogP contribution in [0.4, 0.5) is 0 Å². The molecule has 0 unspecified atom stereocenters. The van der Waals surface area contributed by atoms with Crippen molar-refractivity contribution in [2.75, 3.05) is 33.2 Å². The Morgan fingerprint density at radius 1 is 1.24 bits per heavy atom. The molecule has 1 fully saturated rings. The molecule has 10 heteroatoms. The van der Waals surface area contributed by atoms with Crippen LogP contribution in [0.15, 0.2) is 37.6 Å². The number of hydrogen-bond acceptors (Lipinski definition) is 6. The number of carbonyl (C=O) groups is 1. The molecular weight excluding hydrogens is 430 g/mol. The van der Waals surface area contributed by atoms with Gasteiger partial charge in [-0.2, -0.15) is 0 Å². The maximum absolute atomic E-state index is 12.5. The molecule has 0 aromatic carbocycles. The lowest BCUT2D eigenvalue weighted by Gasteiger charge is -2.34. The monoisotopic (exact) mass is 447 g/mol. The molecule has 1 aliphatic rings. The first-order chi connectivity index (χ1) is 11.9. The molecule has 0 atom stereocenters. The summed E-state index contributed by atoms with van der Waals surface area (Å²) in [6.07, 6.45) is 0. The first-order valence-corrected chi connectivity index (χ1v) is 10.8. The number of nitrogens with zero attached hydrogens (tertiary/aromatic N) is 2. The average molecular weight is 448 g/mol. The van der Waals surface area contributed by atoms with Crippen LogP contribution in [-0.2, 0) is 16.6 Å². The number of sulfonamides is 1. The zero-order chi connectivity index (χ0) is 18.0. The molecule has 7 nitrogen and oxygen atoms in total. The minimum Gasteiger partial charge on any atom is -0.438 e. The molecule has 1 saturated heterocycles. The van der Waals surface area contributed by atoms with E-state index in [2.05, 4.69) is 31.6 Å². The average Bonchev–Trinajstić information content (AvgIpc) is 3.25. The van der Waals surface area contributed by atoms with Crippen molar-refractivity contribution in [2.45, 2.75) is 11.6 Å². The summed E-state index contributed by atoms with van der Waals surface area (Å²) in [6, 6.07) is 6.83. The van der Waals surface area contributed by atoms with Gasteiger partial charge in [0, 0.05) is 37.6 Å². The molecule has 0 bridgehead atoms. The highest BCUT2D eigenvalue weighted by Crippen LogP contribution is 2.24. The number of nitrogens with one attached hydrogen (secondary N) is 1. The van der Waals surface area contributed by atoms with Crippen LogP contribution >= 0.6 is 27.3 Å². The fourth-order valence-corrected chi connectivity index (χ4v) is 4.78. The molecule has 1 aliphatic heterocycles. The highest BCUT2D eigenvalue weighted by Gasteiger charge is 2.26. The van der Waals surface area contributed by atoms with Gasteiger partial charge in [0.2, 0.25) is 5.09 Å². The van der Waals surface area contributed by atoms with E-state index in [9.17, 15) is 13.2 Å². The van der Waals surface area contributed by atoms with Crippen molar-refractivity contribution in [3.8, 4) is 0 Å². The molecule has 0 spiro atoms. The lowest BCUT2D eigenvalue weighted by atomic mass is 10.2. The van der Waals surface area contributed by atoms with Crippen LogP contribution in [0.25, 0.3) is 0 Å². The van der Waals surface area contributed by atoms with E-state index in [0.717, 1.165) is 23.4 Å². The van der Waals surface area contributed by atoms with Crippen LogP contribution in [0.5, 0.6) is 0 Å². The molecule has 136 valence electrons. The molecular formula is C15H18BrN3O4S2. The summed E-state index contributed by atoms with van der Waals surface area (Å²) in [6.45, 7) is 3.57. The minimum absolute atomic E-state index is 0.0458. The summed E-state index contributed by atoms with van der Waals surface area (Å²) < 4.78 is 31.9. The van der Waals surface area contributed by atoms with Crippen molar-refractivity contribution in [1.29, 1.82) is 0 Å². The molecule has 0 radical (unpaired) electrons. The van der Waals surface area contributed by atoms with Gasteiger partial charge in [-0.1, -0.05) is 0 Å². The number of rotatable bonds is 5. The molecule has 1 N–H and O–H groups in total. The zero-order valence-electron chi connectivity index (χ0n) is 13.6. The van der Waals surface area contributed by atoms with Crippen molar-refractivity contribution < 1.29 is 17.6 Å². The molecule has 2 aromatic heterocycles. The number of furan rings is 1. The van der Waals surface area contributed by atoms with Gasteiger partial charge in [0.25, 0.3) is 15.9 Å². The normalized spacial score (nSPS) is 16.3. The zero-order valence-corrected chi connectivity index (χ0v) is 16.8. The Kier molecular flexibility index (Phi) is 5.64. The minimum atomic E-state index is -3.68. The standard InChI is InChI=1S/C15H18BrN3O4S2/c1-17-25(21,22)14-5-3-12(23-14)15(20)19-8-6-18(7-9-19)10-11-2-4-13(16)24-11/h2-5,17H,6-10H2,1H3. The Bertz CT molecular complexity index is 854. The number of hydrogen-bond donors (Lipinski definition) is 1. The number of halogens is 1. The van der Waals surface area contributed by atoms with Crippen LogP contribution in [0, 0.1) is 0 Å². The SMILES string of the molecule is CNS(=O)(=O)c1ccc(C(=O)N2CCN(Cc3ccc(Br)s3)CC2)o1. The molecule has 1 amide bonds. The summed E-state index contributed by atoms with van der Waals surface area (Å²) in [5, 5.41) is -0.250. The fourth-order valence-electron chi connectivity index (χ4n) is 2.60. The van der Waals surface area contributed by atoms with Gasteiger partial charge in [-0.3, -0.25) is 9.69 Å². The highest BCUT2D eigenvalue weighted by molar-refractivity contribution is 9.11. The molecule has 2 aromatic rings. The van der Waals surface area contributed by atoms with Crippen molar-refractivity contribution in [3.63, 3.8) is 0 Å². The van der Waals surface area contributed by atoms with E-state index in [1.54, 1.807) is 16.2 Å². The van der Waals surface area contributed by atoms with Crippen molar-refractivity contribution in [2.24, 2.45) is 0 Å². The Labute approximate surface area is 158 Å². The molecule has 25 heavy (non-hydrogen) atoms. The number of amides is 1. The Hall–Kier alpha value is -1.20. The van der Waals surface area contributed by atoms with Gasteiger partial charge in [-0.05, 0) is 47.2 Å². The first kappa shape index (κ1) is 18.6. The number of thiophene rings is 1. The number of piperazine rings is 1. The third-order valence-electron chi connectivity index (χ3n) is 3.99. The summed E-state index contributed by atoms with van der Waals surface area (Å²) >= 11 is 5.17. The third-order valence-corrected chi connectivity index (χ3v) is 6.89. The molecule has 0 saturated carbocycles. The van der Waals surface area contributed by atoms with E-state index in [-0.39, 0.29) is 16.8 Å². The molecule has 0 aliphatic carbocycles. The van der Waals surface area contributed by atoms with Gasteiger partial charge >= 0.3 is 0 Å². The van der Waals surface area contributed by atoms with Gasteiger partial charge in [0.15, 0.2) is 5.76 Å². The smallest absolute Gasteiger partial charge is 0.289 e. The van der Waals surface area contributed by atoms with E-state index in [0.29, 0.717) is 13.1 Å². The molecule has 3 heterocycles. The second kappa shape index (κ2) is 7.58. The third kappa shape index (κ3) is 4.32. The maximum atomic E-state index is 12.5. The summed E-state index contributed by atoms with van der Waals surface area (Å²) in [4.78, 5) is 17.8. The second-order valence-corrected chi connectivity index (χ2v) is 9.97. The molecule has 3 rings (SSSR count). The van der Waals surface area contributed by atoms with Gasteiger partial charge in [-0.25, -0.2) is 13.1 Å². The lowest BCUT2D eigenvalue weighted by Crippen LogP contribution is -2.48. The van der Waals surface area contributed by atoms with E-state index in [4.69, 9.17) is 4.42 Å². The largest absolute Gasteiger partial charge is 0.438 e. The quantitative estimate of drug-likeness (QED) is 0.757. The Morgan fingerprint density at radius 3 is 2.56 bits per heavy atom. The summed E-state index contributed by atoms with van der Waals surface area (Å²) in [5.74, 6) is -0.236. The first-order valence-electron chi connectivity index (χ1n) is 7.68. The topological polar surface area (TPSA) is 82.9 Å². The van der Waals surface area contributed by atoms with Crippen molar-refractivity contribution >= 4 is 43.2 Å². The summed E-state index contributed by atoms with van der Waals surface area (Å²) in [5.41, 5.74) is 0. The predicted molar refractivity (Wildman–Crippen MR) is 98.2 cm³/mol. The van der Waals surface area contributed by atoms with Crippen molar-refractivity contribution in [1.82, 2.24) is 14.5 Å². The van der Waals surface area contributed by atoms with Crippen LogP contribution in [0.3, 0.4) is 0 Å². The van der Waals surface area contributed by atoms with Gasteiger partial charge in [0.1, 0.15) is 0 Å². The Balaban J connectivity index is 1.58. The van der Waals surface area contributed by atoms with Gasteiger partial charge < -0.3 is 9.32 Å². The fraction of sp³-hybridized carbons (Fsp3) is 0.400. The van der Waals surface area contributed by atoms with Crippen LogP contribution in [0.2, 0.25) is 0 Å². The van der Waals surface area contributed by atoms with Crippen LogP contribution in [0.1, 0.15) is 15.4 Å². The second-order valence-electron chi connectivity index (χ2n) is 5.60. The van der Waals surface area contributed by atoms with Crippen molar-refractivity contribution in [3.05, 3.63) is 38.7 Å². The van der Waals surface area contributed by atoms with Gasteiger partial charge in [-0.15, -0.1) is 11.3 Å². The summed E-state index contributed by atoms with van der Waals surface area (Å²) in [7, 11) is -2.38. The number of carbonyl (C=O) groups excluding carboxylic acids is 1. The van der Waals surface area contributed by atoms with E-state index < -0.39 is 10.0 Å².